The topological polar surface area (TPSA) is 64.2 Å². The fourth-order valence-corrected chi connectivity index (χ4v) is 8.11. The molecular weight excluding hydrogens is 402 g/mol. The number of unbranched alkanes of at least 4 members (excludes halogenated alkanes) is 3. The second-order valence-electron chi connectivity index (χ2n) is 10.4. The van der Waals surface area contributed by atoms with Crippen molar-refractivity contribution in [2.75, 3.05) is 5.75 Å². The molecule has 0 aromatic heterocycles. The van der Waals surface area contributed by atoms with Crippen LogP contribution in [-0.4, -0.2) is 22.1 Å². The van der Waals surface area contributed by atoms with E-state index >= 15 is 0 Å². The summed E-state index contributed by atoms with van der Waals surface area (Å²) in [5, 5.41) is 32.0. The van der Waals surface area contributed by atoms with Gasteiger partial charge in [0.15, 0.2) is 0 Å². The van der Waals surface area contributed by atoms with Crippen molar-refractivity contribution < 1.29 is 10.2 Å². The molecule has 0 spiro atoms. The molecule has 2 saturated carbocycles. The lowest BCUT2D eigenvalue weighted by molar-refractivity contribution is -0.0812. The number of rotatable bonds is 8. The minimum atomic E-state index is -0.206. The van der Waals surface area contributed by atoms with E-state index in [1.54, 1.807) is 0 Å². The number of aromatic hydroxyl groups is 1. The summed E-state index contributed by atoms with van der Waals surface area (Å²) in [6, 6.07) is 6.01. The summed E-state index contributed by atoms with van der Waals surface area (Å²) in [5.74, 6) is 2.76. The van der Waals surface area contributed by atoms with Crippen molar-refractivity contribution in [1.29, 1.82) is 5.26 Å². The molecule has 1 aromatic rings. The Bertz CT molecular complexity index is 848. The normalized spacial score (nSPS) is 36.2. The predicted octanol–water partition coefficient (Wildman–Crippen LogP) is 6.56. The zero-order valence-corrected chi connectivity index (χ0v) is 19.7. The molecular formula is C27H37NO2S. The molecule has 0 amide bonds. The minimum Gasteiger partial charge on any atom is -0.508 e. The molecule has 2 fully saturated rings. The van der Waals surface area contributed by atoms with Gasteiger partial charge in [-0.25, -0.2) is 0 Å². The number of allylic oxidation sites excluding steroid dienone is 1. The Balaban J connectivity index is 1.60. The summed E-state index contributed by atoms with van der Waals surface area (Å²) in [6.07, 6.45) is 13.1. The maximum atomic E-state index is 11.0. The lowest BCUT2D eigenvalue weighted by Crippen LogP contribution is -2.54. The Labute approximate surface area is 191 Å². The van der Waals surface area contributed by atoms with Crippen molar-refractivity contribution in [2.45, 2.75) is 83.2 Å². The lowest BCUT2D eigenvalue weighted by atomic mass is 9.44. The Morgan fingerprint density at radius 3 is 2.84 bits per heavy atom. The van der Waals surface area contributed by atoms with Gasteiger partial charge in [-0.1, -0.05) is 38.3 Å². The number of fused-ring (bicyclic) bond motifs is 5. The van der Waals surface area contributed by atoms with Crippen LogP contribution < -0.4 is 0 Å². The SMILES string of the molecule is C=C[C@@]12CCc3cc(O)ccc3[C@H]1[C@@H](CCCCCCSC#N)C[C@@]1(C)[C@H]2CC[C@@H]1O. The Kier molecular flexibility index (Phi) is 6.75. The highest BCUT2D eigenvalue weighted by Crippen LogP contribution is 2.69. The van der Waals surface area contributed by atoms with Gasteiger partial charge in [0.2, 0.25) is 0 Å². The maximum absolute atomic E-state index is 11.0. The molecule has 1 aromatic carbocycles. The van der Waals surface area contributed by atoms with Crippen molar-refractivity contribution in [1.82, 2.24) is 0 Å². The molecule has 168 valence electrons. The number of thioether (sulfide) groups is 1. The molecule has 0 heterocycles. The van der Waals surface area contributed by atoms with Crippen LogP contribution in [0.2, 0.25) is 0 Å². The molecule has 0 unspecified atom stereocenters. The average Bonchev–Trinajstić information content (AvgIpc) is 3.07. The zero-order chi connectivity index (χ0) is 22.1. The molecule has 0 aliphatic heterocycles. The first-order valence-electron chi connectivity index (χ1n) is 12.1. The number of thiocyanates is 1. The number of aliphatic hydroxyl groups excluding tert-OH is 1. The van der Waals surface area contributed by atoms with Crippen LogP contribution in [0, 0.1) is 33.3 Å². The van der Waals surface area contributed by atoms with Gasteiger partial charge in [0.25, 0.3) is 0 Å². The molecule has 4 rings (SSSR count). The molecule has 3 aliphatic rings. The molecule has 0 bridgehead atoms. The van der Waals surface area contributed by atoms with Crippen LogP contribution in [0.1, 0.15) is 81.8 Å². The third kappa shape index (κ3) is 3.93. The molecule has 0 saturated heterocycles. The Morgan fingerprint density at radius 1 is 1.26 bits per heavy atom. The molecule has 3 aliphatic carbocycles. The molecule has 6 atom stereocenters. The van der Waals surface area contributed by atoms with E-state index in [0.717, 1.165) is 44.3 Å². The van der Waals surface area contributed by atoms with Gasteiger partial charge in [-0.3, -0.25) is 0 Å². The average molecular weight is 440 g/mol. The van der Waals surface area contributed by atoms with Crippen LogP contribution in [0.4, 0.5) is 0 Å². The number of benzene rings is 1. The lowest BCUT2D eigenvalue weighted by Gasteiger charge is -2.60. The minimum absolute atomic E-state index is 0.0206. The molecule has 0 radical (unpaired) electrons. The van der Waals surface area contributed by atoms with Crippen LogP contribution >= 0.6 is 11.8 Å². The predicted molar refractivity (Wildman–Crippen MR) is 128 cm³/mol. The zero-order valence-electron chi connectivity index (χ0n) is 18.9. The molecule has 2 N–H and O–H groups in total. The second kappa shape index (κ2) is 9.20. The van der Waals surface area contributed by atoms with Crippen LogP contribution in [0.15, 0.2) is 30.9 Å². The first-order valence-corrected chi connectivity index (χ1v) is 13.1. The monoisotopic (exact) mass is 439 g/mol. The number of hydrogen-bond donors (Lipinski definition) is 2. The summed E-state index contributed by atoms with van der Waals surface area (Å²) < 4.78 is 0. The van der Waals surface area contributed by atoms with Gasteiger partial charge in [0.05, 0.1) is 6.10 Å². The maximum Gasteiger partial charge on any atom is 0.133 e. The van der Waals surface area contributed by atoms with E-state index in [-0.39, 0.29) is 16.9 Å². The van der Waals surface area contributed by atoms with E-state index in [2.05, 4.69) is 31.0 Å². The summed E-state index contributed by atoms with van der Waals surface area (Å²) in [5.41, 5.74) is 2.75. The first-order chi connectivity index (χ1) is 15.0. The van der Waals surface area contributed by atoms with E-state index < -0.39 is 0 Å². The summed E-state index contributed by atoms with van der Waals surface area (Å²) in [6.45, 7) is 6.72. The van der Waals surface area contributed by atoms with Gasteiger partial charge < -0.3 is 10.2 Å². The second-order valence-corrected chi connectivity index (χ2v) is 11.3. The number of aliphatic hydroxyl groups is 1. The number of phenols is 1. The standard InChI is InChI=1S/C27H37NO2S/c1-3-27-14-13-19-16-21(29)9-10-22(19)25(27)20(8-6-4-5-7-15-31-18-28)17-26(2)23(27)11-12-24(26)30/h3,9-10,16,20,23-25,29-30H,1,4-8,11-15,17H2,2H3/t20-,23+,24-,25+,26-,27-/m0/s1. The third-order valence-corrected chi connectivity index (χ3v) is 9.61. The van der Waals surface area contributed by atoms with E-state index in [4.69, 9.17) is 5.26 Å². The van der Waals surface area contributed by atoms with Crippen molar-refractivity contribution in [2.24, 2.45) is 22.7 Å². The molecule has 31 heavy (non-hydrogen) atoms. The Morgan fingerprint density at radius 2 is 2.06 bits per heavy atom. The van der Waals surface area contributed by atoms with Crippen LogP contribution in [0.3, 0.4) is 0 Å². The van der Waals surface area contributed by atoms with Gasteiger partial charge in [-0.15, -0.1) is 6.58 Å². The number of nitriles is 1. The quantitative estimate of drug-likeness (QED) is 0.274. The molecule has 4 heteroatoms. The van der Waals surface area contributed by atoms with E-state index in [1.165, 1.54) is 48.6 Å². The Hall–Kier alpha value is -1.44. The number of aryl methyl sites for hydroxylation is 1. The summed E-state index contributed by atoms with van der Waals surface area (Å²) in [4.78, 5) is 0. The van der Waals surface area contributed by atoms with Gasteiger partial charge >= 0.3 is 0 Å². The highest BCUT2D eigenvalue weighted by molar-refractivity contribution is 8.03. The number of phenolic OH excluding ortho intramolecular Hbond substituents is 1. The van der Waals surface area contributed by atoms with Crippen molar-refractivity contribution in [3.05, 3.63) is 42.0 Å². The van der Waals surface area contributed by atoms with Crippen molar-refractivity contribution in [3.8, 4) is 11.2 Å². The highest BCUT2D eigenvalue weighted by atomic mass is 32.2. The van der Waals surface area contributed by atoms with Crippen molar-refractivity contribution in [3.63, 3.8) is 0 Å². The van der Waals surface area contributed by atoms with E-state index in [0.29, 0.717) is 23.5 Å². The van der Waals surface area contributed by atoms with E-state index in [9.17, 15) is 10.2 Å². The van der Waals surface area contributed by atoms with Crippen LogP contribution in [-0.2, 0) is 6.42 Å². The largest absolute Gasteiger partial charge is 0.508 e. The van der Waals surface area contributed by atoms with Gasteiger partial charge in [0, 0.05) is 5.75 Å². The smallest absolute Gasteiger partial charge is 0.133 e. The number of hydrogen-bond acceptors (Lipinski definition) is 4. The third-order valence-electron chi connectivity index (χ3n) is 8.99. The fourth-order valence-electron chi connectivity index (χ4n) is 7.67. The van der Waals surface area contributed by atoms with Gasteiger partial charge in [-0.2, -0.15) is 5.26 Å². The van der Waals surface area contributed by atoms with Gasteiger partial charge in [-0.05, 0) is 109 Å². The van der Waals surface area contributed by atoms with E-state index in [1.807, 2.05) is 12.1 Å². The molecule has 3 nitrogen and oxygen atoms in total. The highest BCUT2D eigenvalue weighted by Gasteiger charge is 2.63. The van der Waals surface area contributed by atoms with Gasteiger partial charge in [0.1, 0.15) is 11.2 Å². The first kappa shape index (κ1) is 22.7. The summed E-state index contributed by atoms with van der Waals surface area (Å²) >= 11 is 1.36. The fraction of sp³-hybridized carbons (Fsp3) is 0.667. The van der Waals surface area contributed by atoms with Crippen molar-refractivity contribution >= 4 is 11.8 Å². The van der Waals surface area contributed by atoms with Crippen LogP contribution in [0.5, 0.6) is 5.75 Å². The summed E-state index contributed by atoms with van der Waals surface area (Å²) in [7, 11) is 0. The van der Waals surface area contributed by atoms with Crippen LogP contribution in [0.25, 0.3) is 0 Å². The number of nitrogens with zero attached hydrogens (tertiary/aromatic N) is 1.